The van der Waals surface area contributed by atoms with Crippen molar-refractivity contribution in [2.45, 2.75) is 31.8 Å². The van der Waals surface area contributed by atoms with Crippen molar-refractivity contribution in [2.24, 2.45) is 0 Å². The van der Waals surface area contributed by atoms with Gasteiger partial charge in [-0.25, -0.2) is 13.2 Å². The molecule has 0 unspecified atom stereocenters. The van der Waals surface area contributed by atoms with Gasteiger partial charge in [0.25, 0.3) is 10.0 Å². The number of benzene rings is 3. The first-order valence-corrected chi connectivity index (χ1v) is 12.1. The van der Waals surface area contributed by atoms with Crippen LogP contribution < -0.4 is 9.04 Å². The molecule has 0 amide bonds. The minimum atomic E-state index is -3.76. The van der Waals surface area contributed by atoms with Crippen molar-refractivity contribution in [3.05, 3.63) is 95.6 Å². The Balaban J connectivity index is 1.88. The average molecular weight is 466 g/mol. The fraction of sp³-hybridized carbons (Fsp3) is 0.192. The lowest BCUT2D eigenvalue weighted by Gasteiger charge is -2.26. The van der Waals surface area contributed by atoms with Crippen molar-refractivity contribution in [1.29, 1.82) is 0 Å². The van der Waals surface area contributed by atoms with Crippen LogP contribution in [0.2, 0.25) is 0 Å². The van der Waals surface area contributed by atoms with Gasteiger partial charge in [0.1, 0.15) is 12.4 Å². The highest BCUT2D eigenvalue weighted by molar-refractivity contribution is 7.92. The molecule has 0 radical (unpaired) electrons. The minimum Gasteiger partial charge on any atom is -0.487 e. The number of aryl methyl sites for hydroxylation is 1. The number of carboxylic acids is 1. The van der Waals surface area contributed by atoms with Crippen LogP contribution in [0.1, 0.15) is 30.0 Å². The first kappa shape index (κ1) is 24.1. The molecule has 0 fully saturated rings. The zero-order chi connectivity index (χ0) is 23.8. The van der Waals surface area contributed by atoms with Crippen molar-refractivity contribution < 1.29 is 23.1 Å². The number of nitrogens with zero attached hydrogens (tertiary/aromatic N) is 1. The number of hydrogen-bond acceptors (Lipinski definition) is 4. The highest BCUT2D eigenvalue weighted by atomic mass is 32.2. The molecule has 0 saturated carbocycles. The summed E-state index contributed by atoms with van der Waals surface area (Å²) in [6.07, 6.45) is 3.24. The molecule has 7 heteroatoms. The van der Waals surface area contributed by atoms with Crippen LogP contribution in [0.25, 0.3) is 6.08 Å². The topological polar surface area (TPSA) is 83.9 Å². The molecule has 3 aromatic rings. The number of sulfonamides is 1. The number of anilines is 1. The van der Waals surface area contributed by atoms with Crippen molar-refractivity contribution in [2.75, 3.05) is 10.8 Å². The molecular formula is C26H27NO5S. The third kappa shape index (κ3) is 6.23. The summed E-state index contributed by atoms with van der Waals surface area (Å²) in [5, 5.41) is 8.74. The normalized spacial score (nSPS) is 11.5. The highest BCUT2D eigenvalue weighted by Gasteiger charge is 2.26. The largest absolute Gasteiger partial charge is 0.487 e. The summed E-state index contributed by atoms with van der Waals surface area (Å²) in [6, 6.07) is 21.2. The van der Waals surface area contributed by atoms with E-state index in [4.69, 9.17) is 9.84 Å². The van der Waals surface area contributed by atoms with Gasteiger partial charge in [0.05, 0.1) is 10.6 Å². The van der Waals surface area contributed by atoms with Crippen LogP contribution in [-0.4, -0.2) is 26.0 Å². The Morgan fingerprint density at radius 2 is 1.73 bits per heavy atom. The van der Waals surface area contributed by atoms with Crippen molar-refractivity contribution in [3.8, 4) is 5.75 Å². The maximum atomic E-state index is 13.4. The van der Waals surface area contributed by atoms with Crippen LogP contribution in [-0.2, 0) is 21.4 Å². The lowest BCUT2D eigenvalue weighted by atomic mass is 10.1. The number of hydrogen-bond donors (Lipinski definition) is 1. The molecule has 6 nitrogen and oxygen atoms in total. The van der Waals surface area contributed by atoms with Gasteiger partial charge in [0.15, 0.2) is 0 Å². The smallest absolute Gasteiger partial charge is 0.328 e. The Bertz CT molecular complexity index is 1220. The SMILES string of the molecule is CCCN(c1cc(C)ccc1OCc1ccc(/C=C/C(=O)O)cc1)S(=O)(=O)c1ccccc1. The quantitative estimate of drug-likeness (QED) is 0.412. The van der Waals surface area contributed by atoms with Crippen LogP contribution in [0, 0.1) is 6.92 Å². The van der Waals surface area contributed by atoms with Crippen molar-refractivity contribution in [1.82, 2.24) is 0 Å². The predicted molar refractivity (Wildman–Crippen MR) is 130 cm³/mol. The molecule has 33 heavy (non-hydrogen) atoms. The van der Waals surface area contributed by atoms with Gasteiger partial charge in [-0.1, -0.05) is 55.5 Å². The monoisotopic (exact) mass is 465 g/mol. The standard InChI is InChI=1S/C26H27NO5S/c1-3-17-27(33(30,31)23-7-5-4-6-8-23)24-18-20(2)9-15-25(24)32-19-22-12-10-21(11-13-22)14-16-26(28)29/h4-16,18H,3,17,19H2,1-2H3,(H,28,29)/b16-14+. The molecule has 0 heterocycles. The summed E-state index contributed by atoms with van der Waals surface area (Å²) in [5.74, 6) is -0.528. The van der Waals surface area contributed by atoms with E-state index in [1.54, 1.807) is 48.5 Å². The van der Waals surface area contributed by atoms with Crippen LogP contribution in [0.3, 0.4) is 0 Å². The Morgan fingerprint density at radius 3 is 2.36 bits per heavy atom. The van der Waals surface area contributed by atoms with E-state index in [1.807, 2.05) is 38.1 Å². The molecule has 0 aliphatic carbocycles. The number of carboxylic acid groups (broad SMARTS) is 1. The molecule has 3 rings (SSSR count). The Hall–Kier alpha value is -3.58. The molecular weight excluding hydrogens is 438 g/mol. The molecule has 0 spiro atoms. The van der Waals surface area contributed by atoms with Gasteiger partial charge in [-0.15, -0.1) is 0 Å². The fourth-order valence-corrected chi connectivity index (χ4v) is 4.87. The van der Waals surface area contributed by atoms with Crippen LogP contribution in [0.5, 0.6) is 5.75 Å². The van der Waals surface area contributed by atoms with E-state index in [0.29, 0.717) is 24.4 Å². The molecule has 0 atom stereocenters. The summed E-state index contributed by atoms with van der Waals surface area (Å²) in [6.45, 7) is 4.41. The Morgan fingerprint density at radius 1 is 1.03 bits per heavy atom. The average Bonchev–Trinajstić information content (AvgIpc) is 2.81. The van der Waals surface area contributed by atoms with Gasteiger partial charge in [-0.05, 0) is 60.4 Å². The molecule has 1 N–H and O–H groups in total. The number of rotatable bonds is 10. The third-order valence-corrected chi connectivity index (χ3v) is 6.76. The van der Waals surface area contributed by atoms with Crippen LogP contribution in [0.4, 0.5) is 5.69 Å². The summed E-state index contributed by atoms with van der Waals surface area (Å²) in [4.78, 5) is 10.9. The van der Waals surface area contributed by atoms with Crippen molar-refractivity contribution in [3.63, 3.8) is 0 Å². The predicted octanol–water partition coefficient (Wildman–Crippen LogP) is 5.28. The first-order valence-electron chi connectivity index (χ1n) is 10.6. The molecule has 3 aromatic carbocycles. The zero-order valence-electron chi connectivity index (χ0n) is 18.6. The van der Waals surface area contributed by atoms with E-state index in [-0.39, 0.29) is 11.5 Å². The van der Waals surface area contributed by atoms with Crippen LogP contribution in [0.15, 0.2) is 83.8 Å². The second-order valence-electron chi connectivity index (χ2n) is 7.56. The van der Waals surface area contributed by atoms with Gasteiger partial charge < -0.3 is 9.84 Å². The maximum absolute atomic E-state index is 13.4. The summed E-state index contributed by atoms with van der Waals surface area (Å²) >= 11 is 0. The lowest BCUT2D eigenvalue weighted by molar-refractivity contribution is -0.131. The second kappa shape index (κ2) is 10.8. The van der Waals surface area contributed by atoms with Crippen LogP contribution >= 0.6 is 0 Å². The van der Waals surface area contributed by atoms with E-state index < -0.39 is 16.0 Å². The van der Waals surface area contributed by atoms with Gasteiger partial charge in [0.2, 0.25) is 0 Å². The molecule has 0 bridgehead atoms. The van der Waals surface area contributed by atoms with E-state index in [9.17, 15) is 13.2 Å². The highest BCUT2D eigenvalue weighted by Crippen LogP contribution is 2.34. The minimum absolute atomic E-state index is 0.232. The second-order valence-corrected chi connectivity index (χ2v) is 9.43. The summed E-state index contributed by atoms with van der Waals surface area (Å²) in [5.41, 5.74) is 3.07. The molecule has 0 aromatic heterocycles. The maximum Gasteiger partial charge on any atom is 0.328 e. The molecule has 0 saturated heterocycles. The molecule has 0 aliphatic heterocycles. The molecule has 0 aliphatic rings. The fourth-order valence-electron chi connectivity index (χ4n) is 3.29. The first-order chi connectivity index (χ1) is 15.8. The van der Waals surface area contributed by atoms with Gasteiger partial charge in [-0.3, -0.25) is 4.31 Å². The number of aliphatic carboxylic acids is 1. The summed E-state index contributed by atoms with van der Waals surface area (Å²) in [7, 11) is -3.76. The lowest BCUT2D eigenvalue weighted by Crippen LogP contribution is -2.32. The van der Waals surface area contributed by atoms with E-state index in [0.717, 1.165) is 22.8 Å². The Labute approximate surface area is 194 Å². The van der Waals surface area contributed by atoms with Gasteiger partial charge in [0, 0.05) is 12.6 Å². The van der Waals surface area contributed by atoms with E-state index in [2.05, 4.69) is 0 Å². The zero-order valence-corrected chi connectivity index (χ0v) is 19.5. The summed E-state index contributed by atoms with van der Waals surface area (Å²) < 4.78 is 34.3. The molecule has 172 valence electrons. The van der Waals surface area contributed by atoms with Gasteiger partial charge >= 0.3 is 5.97 Å². The number of carbonyl (C=O) groups is 1. The van der Waals surface area contributed by atoms with Crippen molar-refractivity contribution >= 4 is 27.8 Å². The third-order valence-electron chi connectivity index (χ3n) is 4.93. The Kier molecular flexibility index (Phi) is 7.90. The van der Waals surface area contributed by atoms with E-state index >= 15 is 0 Å². The van der Waals surface area contributed by atoms with Gasteiger partial charge in [-0.2, -0.15) is 0 Å². The number of ether oxygens (including phenoxy) is 1. The van der Waals surface area contributed by atoms with E-state index in [1.165, 1.54) is 10.4 Å².